The van der Waals surface area contributed by atoms with E-state index in [1.807, 2.05) is 6.92 Å². The molecule has 132 valence electrons. The van der Waals surface area contributed by atoms with Crippen LogP contribution in [-0.4, -0.2) is 34.6 Å². The third-order valence-electron chi connectivity index (χ3n) is 5.74. The van der Waals surface area contributed by atoms with Gasteiger partial charge in [-0.15, -0.1) is 0 Å². The first-order valence-corrected chi connectivity index (χ1v) is 9.13. The van der Waals surface area contributed by atoms with Gasteiger partial charge in [0.2, 0.25) is 0 Å². The van der Waals surface area contributed by atoms with Gasteiger partial charge in [-0.3, -0.25) is 14.6 Å². The Bertz CT molecular complexity index is 944. The molecule has 0 aliphatic heterocycles. The van der Waals surface area contributed by atoms with E-state index in [2.05, 4.69) is 15.3 Å². The molecule has 1 aromatic carbocycles. The summed E-state index contributed by atoms with van der Waals surface area (Å²) in [6, 6.07) is 5.17. The van der Waals surface area contributed by atoms with Gasteiger partial charge in [-0.1, -0.05) is 6.42 Å². The lowest BCUT2D eigenvalue weighted by atomic mass is 9.51. The summed E-state index contributed by atoms with van der Waals surface area (Å²) in [5.74, 6) is -0.118. The summed E-state index contributed by atoms with van der Waals surface area (Å²) in [5.41, 5.74) is 0.968. The van der Waals surface area contributed by atoms with Crippen LogP contribution in [0.15, 0.2) is 23.0 Å². The minimum absolute atomic E-state index is 0.118. The number of H-pyrrole nitrogens is 2. The topological polar surface area (TPSA) is 87.0 Å². The van der Waals surface area contributed by atoms with Gasteiger partial charge in [0.1, 0.15) is 0 Å². The second kappa shape index (κ2) is 6.07. The van der Waals surface area contributed by atoms with Crippen LogP contribution >= 0.6 is 12.2 Å². The van der Waals surface area contributed by atoms with E-state index in [1.165, 1.54) is 6.42 Å². The average Bonchev–Trinajstić information content (AvgIpc) is 2.51. The highest BCUT2D eigenvalue weighted by atomic mass is 32.1. The number of aromatic amines is 2. The minimum Gasteiger partial charge on any atom is -0.378 e. The molecule has 2 atom stereocenters. The third-order valence-corrected chi connectivity index (χ3v) is 5.95. The van der Waals surface area contributed by atoms with E-state index >= 15 is 0 Å². The molecule has 25 heavy (non-hydrogen) atoms. The van der Waals surface area contributed by atoms with Gasteiger partial charge >= 0.3 is 0 Å². The summed E-state index contributed by atoms with van der Waals surface area (Å²) in [6.07, 6.45) is 4.56. The van der Waals surface area contributed by atoms with Crippen LogP contribution in [0.3, 0.4) is 0 Å². The van der Waals surface area contributed by atoms with Gasteiger partial charge < -0.3 is 15.0 Å². The third kappa shape index (κ3) is 2.62. The van der Waals surface area contributed by atoms with Crippen LogP contribution in [0.1, 0.15) is 43.0 Å². The van der Waals surface area contributed by atoms with Crippen molar-refractivity contribution in [1.82, 2.24) is 15.3 Å². The van der Waals surface area contributed by atoms with Crippen molar-refractivity contribution in [3.05, 3.63) is 38.9 Å². The molecule has 0 radical (unpaired) electrons. The summed E-state index contributed by atoms with van der Waals surface area (Å²) in [6.45, 7) is 2.73. The molecule has 6 nitrogen and oxygen atoms in total. The van der Waals surface area contributed by atoms with E-state index in [0.717, 1.165) is 19.3 Å². The number of carbonyl (C=O) groups is 1. The molecule has 0 saturated heterocycles. The van der Waals surface area contributed by atoms with Crippen LogP contribution in [0, 0.1) is 10.2 Å². The molecular formula is C18H21N3O3S. The Morgan fingerprint density at radius 1 is 1.40 bits per heavy atom. The molecule has 7 heteroatoms. The number of fused-ring (bicyclic) bond motifs is 1. The predicted octanol–water partition coefficient (Wildman–Crippen LogP) is 2.66. The highest BCUT2D eigenvalue weighted by molar-refractivity contribution is 7.71. The molecule has 2 aromatic rings. The number of benzene rings is 1. The molecule has 3 N–H and O–H groups in total. The van der Waals surface area contributed by atoms with Crippen LogP contribution in [0.4, 0.5) is 0 Å². The zero-order chi connectivity index (χ0) is 17.6. The van der Waals surface area contributed by atoms with Gasteiger partial charge in [-0.05, 0) is 56.6 Å². The minimum atomic E-state index is -0.252. The maximum Gasteiger partial charge on any atom is 0.259 e. The van der Waals surface area contributed by atoms with E-state index in [-0.39, 0.29) is 33.8 Å². The Morgan fingerprint density at radius 2 is 2.20 bits per heavy atom. The number of hydrogen-bond acceptors (Lipinski definition) is 4. The molecule has 1 amide bonds. The number of aromatic nitrogens is 2. The van der Waals surface area contributed by atoms with Gasteiger partial charge in [0.05, 0.1) is 17.0 Å². The standard InChI is InChI=1S/C18H21N3O3S/c1-2-24-14-9-13(18(14)6-3-7-18)20-15(22)10-4-5-11-12(8-10)19-17(25)21-16(11)23/h4-5,8,13-14H,2-3,6-7,9H2,1H3,(H,20,22)(H2,19,21,23,25)/t13-,14-/m1/s1. The van der Waals surface area contributed by atoms with Gasteiger partial charge in [0, 0.05) is 23.6 Å². The highest BCUT2D eigenvalue weighted by Crippen LogP contribution is 2.57. The Kier molecular flexibility index (Phi) is 4.00. The quantitative estimate of drug-likeness (QED) is 0.733. The molecule has 1 aromatic heterocycles. The summed E-state index contributed by atoms with van der Waals surface area (Å²) >= 11 is 5.00. The summed E-state index contributed by atoms with van der Waals surface area (Å²) in [4.78, 5) is 30.0. The molecule has 2 aliphatic rings. The van der Waals surface area contributed by atoms with Crippen LogP contribution in [0.2, 0.25) is 0 Å². The van der Waals surface area contributed by atoms with E-state index in [4.69, 9.17) is 17.0 Å². The number of ether oxygens (including phenoxy) is 1. The van der Waals surface area contributed by atoms with Crippen molar-refractivity contribution in [2.24, 2.45) is 5.41 Å². The smallest absolute Gasteiger partial charge is 0.259 e. The SMILES string of the molecule is CCO[C@@H]1C[C@@H](NC(=O)c2ccc3c(=O)[nH]c(=S)[nH]c3c2)C12CCC2. The van der Waals surface area contributed by atoms with Crippen molar-refractivity contribution in [2.75, 3.05) is 6.61 Å². The molecule has 0 unspecified atom stereocenters. The molecule has 2 saturated carbocycles. The molecule has 2 aliphatic carbocycles. The van der Waals surface area contributed by atoms with Crippen molar-refractivity contribution in [3.8, 4) is 0 Å². The van der Waals surface area contributed by atoms with E-state index in [9.17, 15) is 9.59 Å². The average molecular weight is 359 g/mol. The molecule has 4 rings (SSSR count). The molecule has 1 spiro atoms. The monoisotopic (exact) mass is 359 g/mol. The van der Waals surface area contributed by atoms with Crippen molar-refractivity contribution in [3.63, 3.8) is 0 Å². The second-order valence-corrected chi connectivity index (χ2v) is 7.37. The largest absolute Gasteiger partial charge is 0.378 e. The van der Waals surface area contributed by atoms with Crippen molar-refractivity contribution >= 4 is 29.0 Å². The predicted molar refractivity (Wildman–Crippen MR) is 97.3 cm³/mol. The number of nitrogens with one attached hydrogen (secondary N) is 3. The van der Waals surface area contributed by atoms with Gasteiger partial charge in [0.15, 0.2) is 4.77 Å². The van der Waals surface area contributed by atoms with Gasteiger partial charge in [-0.2, -0.15) is 0 Å². The number of amides is 1. The molecule has 1 heterocycles. The summed E-state index contributed by atoms with van der Waals surface area (Å²) < 4.78 is 6.08. The van der Waals surface area contributed by atoms with E-state index in [0.29, 0.717) is 23.1 Å². The molecule has 2 fully saturated rings. The first-order valence-electron chi connectivity index (χ1n) is 8.72. The lowest BCUT2D eigenvalue weighted by Crippen LogP contribution is -2.67. The number of hydrogen-bond donors (Lipinski definition) is 3. The van der Waals surface area contributed by atoms with Crippen LogP contribution in [-0.2, 0) is 4.74 Å². The summed E-state index contributed by atoms with van der Waals surface area (Å²) in [5, 5.41) is 3.65. The first kappa shape index (κ1) is 16.5. The Morgan fingerprint density at radius 3 is 2.88 bits per heavy atom. The number of rotatable bonds is 4. The fraction of sp³-hybridized carbons (Fsp3) is 0.500. The Balaban J connectivity index is 1.55. The molecular weight excluding hydrogens is 338 g/mol. The van der Waals surface area contributed by atoms with Gasteiger partial charge in [0.25, 0.3) is 11.5 Å². The maximum atomic E-state index is 12.7. The van der Waals surface area contributed by atoms with Crippen molar-refractivity contribution in [2.45, 2.75) is 44.8 Å². The van der Waals surface area contributed by atoms with Crippen LogP contribution < -0.4 is 10.9 Å². The normalized spacial score (nSPS) is 23.9. The van der Waals surface area contributed by atoms with Crippen molar-refractivity contribution < 1.29 is 9.53 Å². The lowest BCUT2D eigenvalue weighted by molar-refractivity contribution is -0.169. The first-order chi connectivity index (χ1) is 12.0. The van der Waals surface area contributed by atoms with E-state index in [1.54, 1.807) is 18.2 Å². The lowest BCUT2D eigenvalue weighted by Gasteiger charge is -2.61. The Hall–Kier alpha value is -1.99. The zero-order valence-corrected chi connectivity index (χ0v) is 14.9. The van der Waals surface area contributed by atoms with Gasteiger partial charge in [-0.25, -0.2) is 0 Å². The highest BCUT2D eigenvalue weighted by Gasteiger charge is 2.59. The fourth-order valence-electron chi connectivity index (χ4n) is 4.19. The van der Waals surface area contributed by atoms with Crippen LogP contribution in [0.5, 0.6) is 0 Å². The number of carbonyl (C=O) groups excluding carboxylic acids is 1. The molecule has 0 bridgehead atoms. The second-order valence-electron chi connectivity index (χ2n) is 6.96. The maximum absolute atomic E-state index is 12.7. The summed E-state index contributed by atoms with van der Waals surface area (Å²) in [7, 11) is 0. The van der Waals surface area contributed by atoms with Crippen molar-refractivity contribution in [1.29, 1.82) is 0 Å². The zero-order valence-electron chi connectivity index (χ0n) is 14.1. The van der Waals surface area contributed by atoms with E-state index < -0.39 is 0 Å². The fourth-order valence-corrected chi connectivity index (χ4v) is 4.40. The van der Waals surface area contributed by atoms with Crippen LogP contribution in [0.25, 0.3) is 10.9 Å². The Labute approximate surface area is 150 Å².